The van der Waals surface area contributed by atoms with Gasteiger partial charge in [0.25, 0.3) is 17.5 Å². The summed E-state index contributed by atoms with van der Waals surface area (Å²) in [5, 5.41) is 16.4. The molecule has 2 amide bonds. The first kappa shape index (κ1) is 20.7. The first-order valence-corrected chi connectivity index (χ1v) is 9.02. The lowest BCUT2D eigenvalue weighted by Crippen LogP contribution is -2.23. The summed E-state index contributed by atoms with van der Waals surface area (Å²) >= 11 is 0. The number of nitrogens with one attached hydrogen (secondary N) is 2. The van der Waals surface area contributed by atoms with E-state index >= 15 is 0 Å². The van der Waals surface area contributed by atoms with E-state index in [0.29, 0.717) is 22.4 Å². The molecule has 7 nitrogen and oxygen atoms in total. The number of nitrogens with zero attached hydrogens (tertiary/aromatic N) is 1. The fraction of sp³-hybridized carbons (Fsp3) is 0.0909. The molecule has 0 heterocycles. The lowest BCUT2D eigenvalue weighted by molar-refractivity contribution is -0.385. The summed E-state index contributed by atoms with van der Waals surface area (Å²) in [6.07, 6.45) is 0. The standard InChI is InChI=1S/C22H18FN3O4/c1-14-11-17(7-10-20(14)26(29)30)21(27)24-13-15-3-2-4-19(12-15)25-22(28)16-5-8-18(23)9-6-16/h2-12H,13H2,1H3,(H,24,27)(H,25,28). The van der Waals surface area contributed by atoms with Crippen LogP contribution in [0.15, 0.2) is 66.7 Å². The Morgan fingerprint density at radius 3 is 2.33 bits per heavy atom. The molecule has 0 aliphatic carbocycles. The van der Waals surface area contributed by atoms with Crippen molar-refractivity contribution in [2.45, 2.75) is 13.5 Å². The molecule has 0 aliphatic heterocycles. The molecule has 0 unspecified atom stereocenters. The molecule has 0 saturated heterocycles. The summed E-state index contributed by atoms with van der Waals surface area (Å²) in [5.41, 5.74) is 2.28. The average Bonchev–Trinajstić information content (AvgIpc) is 2.72. The molecule has 2 N–H and O–H groups in total. The van der Waals surface area contributed by atoms with Gasteiger partial charge < -0.3 is 10.6 Å². The van der Waals surface area contributed by atoms with Gasteiger partial charge in [0.15, 0.2) is 0 Å². The van der Waals surface area contributed by atoms with Gasteiger partial charge in [0.05, 0.1) is 4.92 Å². The minimum atomic E-state index is -0.497. The van der Waals surface area contributed by atoms with Crippen LogP contribution in [0.25, 0.3) is 0 Å². The number of hydrogen-bond donors (Lipinski definition) is 2. The van der Waals surface area contributed by atoms with Crippen molar-refractivity contribution in [3.8, 4) is 0 Å². The summed E-state index contributed by atoms with van der Waals surface area (Å²) in [7, 11) is 0. The van der Waals surface area contributed by atoms with Gasteiger partial charge in [0, 0.05) is 35.0 Å². The van der Waals surface area contributed by atoms with Crippen LogP contribution in [-0.4, -0.2) is 16.7 Å². The lowest BCUT2D eigenvalue weighted by atomic mass is 10.1. The number of halogens is 1. The second kappa shape index (κ2) is 8.95. The first-order chi connectivity index (χ1) is 14.3. The molecule has 0 spiro atoms. The van der Waals surface area contributed by atoms with Crippen LogP contribution in [0.5, 0.6) is 0 Å². The van der Waals surface area contributed by atoms with Crippen molar-refractivity contribution in [3.05, 3.63) is 105 Å². The van der Waals surface area contributed by atoms with Crippen molar-refractivity contribution in [1.29, 1.82) is 0 Å². The van der Waals surface area contributed by atoms with E-state index in [0.717, 1.165) is 5.56 Å². The van der Waals surface area contributed by atoms with E-state index in [1.165, 1.54) is 42.5 Å². The minimum absolute atomic E-state index is 0.0452. The Kier molecular flexibility index (Phi) is 6.17. The van der Waals surface area contributed by atoms with Gasteiger partial charge in [-0.05, 0) is 61.0 Å². The Hall–Kier alpha value is -4.07. The molecular formula is C22H18FN3O4. The zero-order chi connectivity index (χ0) is 21.7. The van der Waals surface area contributed by atoms with E-state index in [4.69, 9.17) is 0 Å². The SMILES string of the molecule is Cc1cc(C(=O)NCc2cccc(NC(=O)c3ccc(F)cc3)c2)ccc1[N+](=O)[O-]. The van der Waals surface area contributed by atoms with E-state index in [1.54, 1.807) is 31.2 Å². The van der Waals surface area contributed by atoms with Crippen LogP contribution in [0.4, 0.5) is 15.8 Å². The number of anilines is 1. The van der Waals surface area contributed by atoms with Gasteiger partial charge in [0.1, 0.15) is 5.82 Å². The Morgan fingerprint density at radius 1 is 0.967 bits per heavy atom. The molecule has 3 aromatic carbocycles. The summed E-state index contributed by atoms with van der Waals surface area (Å²) < 4.78 is 13.0. The van der Waals surface area contributed by atoms with E-state index in [1.807, 2.05) is 0 Å². The highest BCUT2D eigenvalue weighted by atomic mass is 19.1. The van der Waals surface area contributed by atoms with Crippen molar-refractivity contribution in [1.82, 2.24) is 5.32 Å². The van der Waals surface area contributed by atoms with Crippen molar-refractivity contribution < 1.29 is 18.9 Å². The third-order valence-corrected chi connectivity index (χ3v) is 4.40. The molecule has 0 fully saturated rings. The van der Waals surface area contributed by atoms with Crippen molar-refractivity contribution in [3.63, 3.8) is 0 Å². The summed E-state index contributed by atoms with van der Waals surface area (Å²) in [6.45, 7) is 1.78. The number of aryl methyl sites for hydroxylation is 1. The molecule has 0 bridgehead atoms. The molecule has 0 aliphatic rings. The summed E-state index contributed by atoms with van der Waals surface area (Å²) in [6, 6.07) is 16.3. The molecule has 30 heavy (non-hydrogen) atoms. The van der Waals surface area contributed by atoms with Crippen LogP contribution < -0.4 is 10.6 Å². The van der Waals surface area contributed by atoms with E-state index in [2.05, 4.69) is 10.6 Å². The predicted octanol–water partition coefficient (Wildman–Crippen LogP) is 4.22. The highest BCUT2D eigenvalue weighted by molar-refractivity contribution is 6.04. The molecule has 3 rings (SSSR count). The number of carbonyl (C=O) groups excluding carboxylic acids is 2. The van der Waals surface area contributed by atoms with Crippen LogP contribution in [0.2, 0.25) is 0 Å². The van der Waals surface area contributed by atoms with Gasteiger partial charge in [-0.15, -0.1) is 0 Å². The summed E-state index contributed by atoms with van der Waals surface area (Å²) in [5.74, 6) is -1.17. The predicted molar refractivity (Wildman–Crippen MR) is 110 cm³/mol. The second-order valence-electron chi connectivity index (χ2n) is 6.60. The fourth-order valence-corrected chi connectivity index (χ4v) is 2.85. The van der Waals surface area contributed by atoms with Crippen LogP contribution in [0.3, 0.4) is 0 Å². The molecule has 0 saturated carbocycles. The Bertz CT molecular complexity index is 1110. The topological polar surface area (TPSA) is 101 Å². The molecule has 0 atom stereocenters. The smallest absolute Gasteiger partial charge is 0.272 e. The quantitative estimate of drug-likeness (QED) is 0.472. The fourth-order valence-electron chi connectivity index (χ4n) is 2.85. The molecule has 8 heteroatoms. The molecule has 0 aromatic heterocycles. The number of rotatable bonds is 6. The lowest BCUT2D eigenvalue weighted by Gasteiger charge is -2.09. The molecule has 3 aromatic rings. The van der Waals surface area contributed by atoms with E-state index < -0.39 is 10.7 Å². The van der Waals surface area contributed by atoms with Gasteiger partial charge in [-0.1, -0.05) is 12.1 Å². The maximum Gasteiger partial charge on any atom is 0.272 e. The normalized spacial score (nSPS) is 10.3. The third-order valence-electron chi connectivity index (χ3n) is 4.40. The molecular weight excluding hydrogens is 389 g/mol. The second-order valence-corrected chi connectivity index (χ2v) is 6.60. The maximum atomic E-state index is 13.0. The number of hydrogen-bond acceptors (Lipinski definition) is 4. The molecule has 152 valence electrons. The van der Waals surface area contributed by atoms with Crippen LogP contribution in [0.1, 0.15) is 31.8 Å². The monoisotopic (exact) mass is 407 g/mol. The van der Waals surface area contributed by atoms with Crippen LogP contribution >= 0.6 is 0 Å². The van der Waals surface area contributed by atoms with Gasteiger partial charge in [0.2, 0.25) is 0 Å². The number of nitro benzene ring substituents is 1. The highest BCUT2D eigenvalue weighted by Crippen LogP contribution is 2.19. The number of carbonyl (C=O) groups is 2. The van der Waals surface area contributed by atoms with Crippen LogP contribution in [-0.2, 0) is 6.54 Å². The van der Waals surface area contributed by atoms with Crippen molar-refractivity contribution in [2.24, 2.45) is 0 Å². The van der Waals surface area contributed by atoms with E-state index in [9.17, 15) is 24.1 Å². The van der Waals surface area contributed by atoms with E-state index in [-0.39, 0.29) is 24.0 Å². The van der Waals surface area contributed by atoms with Gasteiger partial charge >= 0.3 is 0 Å². The zero-order valence-electron chi connectivity index (χ0n) is 16.0. The maximum absolute atomic E-state index is 13.0. The first-order valence-electron chi connectivity index (χ1n) is 9.02. The minimum Gasteiger partial charge on any atom is -0.348 e. The average molecular weight is 407 g/mol. The van der Waals surface area contributed by atoms with Gasteiger partial charge in [-0.2, -0.15) is 0 Å². The Balaban J connectivity index is 1.63. The van der Waals surface area contributed by atoms with Crippen molar-refractivity contribution in [2.75, 3.05) is 5.32 Å². The molecule has 0 radical (unpaired) electrons. The Morgan fingerprint density at radius 2 is 1.67 bits per heavy atom. The largest absolute Gasteiger partial charge is 0.348 e. The van der Waals surface area contributed by atoms with Gasteiger partial charge in [-0.25, -0.2) is 4.39 Å². The van der Waals surface area contributed by atoms with Gasteiger partial charge in [-0.3, -0.25) is 19.7 Å². The number of benzene rings is 3. The number of amides is 2. The number of nitro groups is 1. The third kappa shape index (κ3) is 5.05. The summed E-state index contributed by atoms with van der Waals surface area (Å²) in [4.78, 5) is 35.0. The highest BCUT2D eigenvalue weighted by Gasteiger charge is 2.14. The zero-order valence-corrected chi connectivity index (χ0v) is 16.0. The van der Waals surface area contributed by atoms with Crippen molar-refractivity contribution >= 4 is 23.2 Å². The van der Waals surface area contributed by atoms with Crippen LogP contribution in [0, 0.1) is 22.9 Å². The Labute approximate surface area is 171 Å².